The molecule has 0 saturated heterocycles. The number of nitrogen functional groups attached to an aromatic ring is 1. The first-order valence-electron chi connectivity index (χ1n) is 5.46. The fourth-order valence-electron chi connectivity index (χ4n) is 1.72. The highest BCUT2D eigenvalue weighted by atomic mass is 35.5. The minimum atomic E-state index is -0.260. The van der Waals surface area contributed by atoms with Gasteiger partial charge in [0.05, 0.1) is 17.7 Å². The van der Waals surface area contributed by atoms with Crippen LogP contribution in [-0.2, 0) is 0 Å². The van der Waals surface area contributed by atoms with E-state index in [1.807, 2.05) is 0 Å². The summed E-state index contributed by atoms with van der Waals surface area (Å²) in [5, 5.41) is 0.753. The Morgan fingerprint density at radius 3 is 2.47 bits per heavy atom. The standard InChI is InChI=1S/C14H11Cl2NO2/c1-19-13-5-2-8(15)6-11(13)14(18)10-4-3-9(17)7-12(10)16/h2-7H,17H2,1H3. The van der Waals surface area contributed by atoms with Crippen molar-refractivity contribution in [3.8, 4) is 5.75 Å². The van der Waals surface area contributed by atoms with Gasteiger partial charge in [-0.25, -0.2) is 0 Å². The molecule has 3 nitrogen and oxygen atoms in total. The van der Waals surface area contributed by atoms with Crippen molar-refractivity contribution in [1.82, 2.24) is 0 Å². The second-order valence-electron chi connectivity index (χ2n) is 3.91. The number of anilines is 1. The molecule has 2 aromatic carbocycles. The molecule has 0 saturated carbocycles. The van der Waals surface area contributed by atoms with Crippen molar-refractivity contribution >= 4 is 34.7 Å². The fraction of sp³-hybridized carbons (Fsp3) is 0.0714. The van der Waals surface area contributed by atoms with Crippen molar-refractivity contribution in [2.75, 3.05) is 12.8 Å². The monoisotopic (exact) mass is 295 g/mol. The van der Waals surface area contributed by atoms with Crippen molar-refractivity contribution < 1.29 is 9.53 Å². The van der Waals surface area contributed by atoms with Crippen LogP contribution >= 0.6 is 23.2 Å². The molecule has 0 atom stereocenters. The lowest BCUT2D eigenvalue weighted by atomic mass is 10.0. The number of benzene rings is 2. The van der Waals surface area contributed by atoms with Crippen LogP contribution in [0.2, 0.25) is 10.0 Å². The molecular weight excluding hydrogens is 285 g/mol. The number of hydrogen-bond donors (Lipinski definition) is 1. The minimum Gasteiger partial charge on any atom is -0.496 e. The predicted molar refractivity (Wildman–Crippen MR) is 77.3 cm³/mol. The Labute approximate surface area is 120 Å². The highest BCUT2D eigenvalue weighted by Gasteiger charge is 2.17. The van der Waals surface area contributed by atoms with Crippen LogP contribution in [0.4, 0.5) is 5.69 Å². The third kappa shape index (κ3) is 2.83. The first kappa shape index (κ1) is 13.7. The van der Waals surface area contributed by atoms with E-state index < -0.39 is 0 Å². The second kappa shape index (κ2) is 5.51. The summed E-state index contributed by atoms with van der Waals surface area (Å²) in [7, 11) is 1.49. The van der Waals surface area contributed by atoms with E-state index >= 15 is 0 Å². The maximum Gasteiger partial charge on any atom is 0.198 e. The molecule has 2 N–H and O–H groups in total. The van der Waals surface area contributed by atoms with Crippen molar-refractivity contribution in [2.45, 2.75) is 0 Å². The highest BCUT2D eigenvalue weighted by Crippen LogP contribution is 2.28. The van der Waals surface area contributed by atoms with E-state index in [0.717, 1.165) is 0 Å². The molecule has 0 amide bonds. The van der Waals surface area contributed by atoms with E-state index in [9.17, 15) is 4.79 Å². The number of carbonyl (C=O) groups is 1. The Bertz CT molecular complexity index is 641. The summed E-state index contributed by atoms with van der Waals surface area (Å²) in [5.74, 6) is 0.187. The number of ketones is 1. The van der Waals surface area contributed by atoms with Crippen LogP contribution < -0.4 is 10.5 Å². The van der Waals surface area contributed by atoms with Crippen molar-refractivity contribution in [3.63, 3.8) is 0 Å². The summed E-state index contributed by atoms with van der Waals surface area (Å²) >= 11 is 11.9. The summed E-state index contributed by atoms with van der Waals surface area (Å²) in [4.78, 5) is 12.4. The van der Waals surface area contributed by atoms with E-state index in [0.29, 0.717) is 32.6 Å². The van der Waals surface area contributed by atoms with Crippen LogP contribution in [0.5, 0.6) is 5.75 Å². The molecule has 2 aromatic rings. The molecule has 0 radical (unpaired) electrons. The van der Waals surface area contributed by atoms with Crippen LogP contribution in [0.15, 0.2) is 36.4 Å². The number of hydrogen-bond acceptors (Lipinski definition) is 3. The molecule has 0 aliphatic carbocycles. The van der Waals surface area contributed by atoms with Crippen LogP contribution in [0.1, 0.15) is 15.9 Å². The van der Waals surface area contributed by atoms with Gasteiger partial charge >= 0.3 is 0 Å². The zero-order chi connectivity index (χ0) is 14.0. The van der Waals surface area contributed by atoms with Gasteiger partial charge in [-0.2, -0.15) is 0 Å². The summed E-state index contributed by atoms with van der Waals surface area (Å²) in [6, 6.07) is 9.58. The quantitative estimate of drug-likeness (QED) is 0.692. The molecular formula is C14H11Cl2NO2. The van der Waals surface area contributed by atoms with Crippen LogP contribution in [-0.4, -0.2) is 12.9 Å². The van der Waals surface area contributed by atoms with Crippen LogP contribution in [0, 0.1) is 0 Å². The average Bonchev–Trinajstić information content (AvgIpc) is 2.38. The number of carbonyl (C=O) groups excluding carboxylic acids is 1. The molecule has 0 unspecified atom stereocenters. The van der Waals surface area contributed by atoms with Crippen LogP contribution in [0.25, 0.3) is 0 Å². The molecule has 0 aliphatic heterocycles. The second-order valence-corrected chi connectivity index (χ2v) is 4.76. The third-order valence-electron chi connectivity index (χ3n) is 2.64. The SMILES string of the molecule is COc1ccc(Cl)cc1C(=O)c1ccc(N)cc1Cl. The summed E-state index contributed by atoms with van der Waals surface area (Å²) < 4.78 is 5.16. The Kier molecular flexibility index (Phi) is 3.98. The van der Waals surface area contributed by atoms with Gasteiger partial charge in [0.2, 0.25) is 0 Å². The number of ether oxygens (including phenoxy) is 1. The number of methoxy groups -OCH3 is 1. The molecule has 98 valence electrons. The van der Waals surface area contributed by atoms with E-state index in [1.165, 1.54) is 13.2 Å². The van der Waals surface area contributed by atoms with Gasteiger partial charge in [0.25, 0.3) is 0 Å². The number of rotatable bonds is 3. The van der Waals surface area contributed by atoms with Gasteiger partial charge in [0, 0.05) is 16.3 Å². The lowest BCUT2D eigenvalue weighted by Crippen LogP contribution is -2.05. The van der Waals surface area contributed by atoms with Gasteiger partial charge in [-0.15, -0.1) is 0 Å². The van der Waals surface area contributed by atoms with Crippen molar-refractivity contribution in [3.05, 3.63) is 57.6 Å². The maximum atomic E-state index is 12.4. The average molecular weight is 296 g/mol. The summed E-state index contributed by atoms with van der Waals surface area (Å²) in [6.45, 7) is 0. The first-order chi connectivity index (χ1) is 9.02. The van der Waals surface area contributed by atoms with Gasteiger partial charge < -0.3 is 10.5 Å². The molecule has 0 aliphatic rings. The van der Waals surface area contributed by atoms with Crippen molar-refractivity contribution in [1.29, 1.82) is 0 Å². The lowest BCUT2D eigenvalue weighted by molar-refractivity contribution is 0.103. The van der Waals surface area contributed by atoms with Crippen LogP contribution in [0.3, 0.4) is 0 Å². The largest absolute Gasteiger partial charge is 0.496 e. The molecule has 0 spiro atoms. The zero-order valence-corrected chi connectivity index (χ0v) is 11.6. The van der Waals surface area contributed by atoms with E-state index in [1.54, 1.807) is 30.3 Å². The number of nitrogens with two attached hydrogens (primary N) is 1. The van der Waals surface area contributed by atoms with Gasteiger partial charge in [-0.3, -0.25) is 4.79 Å². The summed E-state index contributed by atoms with van der Waals surface area (Å²) in [5.41, 5.74) is 6.83. The molecule has 19 heavy (non-hydrogen) atoms. The molecule has 0 bridgehead atoms. The molecule has 0 heterocycles. The molecule has 5 heteroatoms. The smallest absolute Gasteiger partial charge is 0.198 e. The van der Waals surface area contributed by atoms with E-state index in [4.69, 9.17) is 33.7 Å². The van der Waals surface area contributed by atoms with E-state index in [-0.39, 0.29) is 5.78 Å². The van der Waals surface area contributed by atoms with Gasteiger partial charge in [0.15, 0.2) is 5.78 Å². The Morgan fingerprint density at radius 1 is 1.11 bits per heavy atom. The predicted octanol–water partition coefficient (Wildman–Crippen LogP) is 3.82. The molecule has 0 aromatic heterocycles. The minimum absolute atomic E-state index is 0.260. The number of halogens is 2. The Hall–Kier alpha value is -1.71. The Balaban J connectivity index is 2.52. The third-order valence-corrected chi connectivity index (χ3v) is 3.19. The zero-order valence-electron chi connectivity index (χ0n) is 10.1. The van der Waals surface area contributed by atoms with E-state index in [2.05, 4.69) is 0 Å². The first-order valence-corrected chi connectivity index (χ1v) is 6.22. The van der Waals surface area contributed by atoms with Gasteiger partial charge in [-0.05, 0) is 36.4 Å². The summed E-state index contributed by atoms with van der Waals surface area (Å²) in [6.07, 6.45) is 0. The fourth-order valence-corrected chi connectivity index (χ4v) is 2.17. The van der Waals surface area contributed by atoms with Gasteiger partial charge in [0.1, 0.15) is 5.75 Å². The Morgan fingerprint density at radius 2 is 1.84 bits per heavy atom. The molecule has 2 rings (SSSR count). The normalized spacial score (nSPS) is 10.3. The van der Waals surface area contributed by atoms with Gasteiger partial charge in [-0.1, -0.05) is 23.2 Å². The highest BCUT2D eigenvalue weighted by molar-refractivity contribution is 6.35. The molecule has 0 fully saturated rings. The topological polar surface area (TPSA) is 52.3 Å². The maximum absolute atomic E-state index is 12.4. The lowest BCUT2D eigenvalue weighted by Gasteiger charge is -2.09. The van der Waals surface area contributed by atoms with Crippen molar-refractivity contribution in [2.24, 2.45) is 0 Å².